The van der Waals surface area contributed by atoms with Crippen LogP contribution in [0.25, 0.3) is 11.3 Å². The van der Waals surface area contributed by atoms with Crippen molar-refractivity contribution in [3.8, 4) is 11.3 Å². The Kier molecular flexibility index (Phi) is 5.07. The van der Waals surface area contributed by atoms with Crippen LogP contribution in [0, 0.1) is 6.92 Å². The molecule has 1 aliphatic heterocycles. The molecule has 0 saturated carbocycles. The Hall–Kier alpha value is -2.47. The fraction of sp³-hybridized carbons (Fsp3) is 0.286. The molecular formula is C21H21BrN4O. The molecule has 2 aromatic heterocycles. The Labute approximate surface area is 167 Å². The monoisotopic (exact) mass is 424 g/mol. The average Bonchev–Trinajstić information content (AvgIpc) is 3.22. The molecule has 1 saturated heterocycles. The minimum atomic E-state index is 0.0534. The number of rotatable bonds is 3. The molecule has 5 nitrogen and oxygen atoms in total. The second-order valence-corrected chi connectivity index (χ2v) is 7.79. The quantitative estimate of drug-likeness (QED) is 0.621. The summed E-state index contributed by atoms with van der Waals surface area (Å²) >= 11 is 3.49. The zero-order valence-electron chi connectivity index (χ0n) is 15.2. The first kappa shape index (κ1) is 17.9. The van der Waals surface area contributed by atoms with Crippen molar-refractivity contribution in [3.63, 3.8) is 0 Å². The van der Waals surface area contributed by atoms with Gasteiger partial charge in [-0.3, -0.25) is 14.5 Å². The summed E-state index contributed by atoms with van der Waals surface area (Å²) in [6.45, 7) is 3.38. The van der Waals surface area contributed by atoms with Gasteiger partial charge in [-0.2, -0.15) is 5.10 Å². The molecule has 138 valence electrons. The van der Waals surface area contributed by atoms with E-state index in [9.17, 15) is 4.79 Å². The maximum atomic E-state index is 13.1. The fourth-order valence-corrected chi connectivity index (χ4v) is 4.02. The molecule has 0 N–H and O–H groups in total. The van der Waals surface area contributed by atoms with Crippen LogP contribution in [0.5, 0.6) is 0 Å². The van der Waals surface area contributed by atoms with Gasteiger partial charge in [-0.1, -0.05) is 28.1 Å². The lowest BCUT2D eigenvalue weighted by molar-refractivity contribution is 0.0671. The van der Waals surface area contributed by atoms with Crippen LogP contribution in [-0.2, 0) is 0 Å². The molecule has 27 heavy (non-hydrogen) atoms. The first-order valence-electron chi connectivity index (χ1n) is 9.14. The van der Waals surface area contributed by atoms with Crippen molar-refractivity contribution in [2.75, 3.05) is 13.1 Å². The van der Waals surface area contributed by atoms with E-state index in [1.807, 2.05) is 65.2 Å². The Morgan fingerprint density at radius 1 is 1.22 bits per heavy atom. The van der Waals surface area contributed by atoms with Crippen LogP contribution in [0.3, 0.4) is 0 Å². The van der Waals surface area contributed by atoms with E-state index in [0.29, 0.717) is 12.1 Å². The number of benzene rings is 1. The Bertz CT molecular complexity index is 955. The number of hydrogen-bond acceptors (Lipinski definition) is 3. The van der Waals surface area contributed by atoms with Gasteiger partial charge in [0.05, 0.1) is 23.0 Å². The summed E-state index contributed by atoms with van der Waals surface area (Å²) in [7, 11) is 0. The number of nitrogens with zero attached hydrogens (tertiary/aromatic N) is 4. The third-order valence-corrected chi connectivity index (χ3v) is 5.51. The predicted octanol–water partition coefficient (Wildman–Crippen LogP) is 4.49. The van der Waals surface area contributed by atoms with E-state index < -0.39 is 0 Å². The zero-order valence-corrected chi connectivity index (χ0v) is 16.8. The van der Waals surface area contributed by atoms with Gasteiger partial charge in [0.15, 0.2) is 0 Å². The highest BCUT2D eigenvalue weighted by molar-refractivity contribution is 9.10. The Morgan fingerprint density at radius 2 is 2.11 bits per heavy atom. The number of likely N-dealkylation sites (tertiary alicyclic amines) is 1. The summed E-state index contributed by atoms with van der Waals surface area (Å²) in [6.07, 6.45) is 5.79. The number of piperidine rings is 1. The minimum Gasteiger partial charge on any atom is -0.336 e. The van der Waals surface area contributed by atoms with Crippen molar-refractivity contribution in [3.05, 3.63) is 70.6 Å². The van der Waals surface area contributed by atoms with Gasteiger partial charge in [0.1, 0.15) is 0 Å². The highest BCUT2D eigenvalue weighted by Crippen LogP contribution is 2.25. The molecule has 1 atom stereocenters. The van der Waals surface area contributed by atoms with Gasteiger partial charge >= 0.3 is 0 Å². The van der Waals surface area contributed by atoms with Crippen LogP contribution in [0.4, 0.5) is 0 Å². The molecule has 1 unspecified atom stereocenters. The fourth-order valence-electron chi connectivity index (χ4n) is 3.62. The smallest absolute Gasteiger partial charge is 0.255 e. The van der Waals surface area contributed by atoms with Gasteiger partial charge in [-0.05, 0) is 50.1 Å². The summed E-state index contributed by atoms with van der Waals surface area (Å²) in [4.78, 5) is 19.7. The van der Waals surface area contributed by atoms with Gasteiger partial charge in [0.2, 0.25) is 0 Å². The van der Waals surface area contributed by atoms with E-state index >= 15 is 0 Å². The summed E-state index contributed by atoms with van der Waals surface area (Å²) in [5.74, 6) is 0.0534. The van der Waals surface area contributed by atoms with E-state index in [1.54, 1.807) is 6.20 Å². The maximum absolute atomic E-state index is 13.1. The standard InChI is InChI=1S/C21H21BrN4O/c1-15-19(8-9-20(24-15)16-5-2-6-17(22)13-16)21(27)25-11-3-7-18(14-25)26-12-4-10-23-26/h2,4-6,8-10,12-13,18H,3,7,11,14H2,1H3. The van der Waals surface area contributed by atoms with E-state index in [2.05, 4.69) is 26.0 Å². The van der Waals surface area contributed by atoms with Gasteiger partial charge in [-0.15, -0.1) is 0 Å². The summed E-state index contributed by atoms with van der Waals surface area (Å²) < 4.78 is 2.97. The number of amides is 1. The molecule has 0 radical (unpaired) electrons. The SMILES string of the molecule is Cc1nc(-c2cccc(Br)c2)ccc1C(=O)N1CCCC(n2cccn2)C1. The number of aromatic nitrogens is 3. The lowest BCUT2D eigenvalue weighted by Gasteiger charge is -2.33. The second kappa shape index (κ2) is 7.64. The lowest BCUT2D eigenvalue weighted by Crippen LogP contribution is -2.41. The van der Waals surface area contributed by atoms with Gasteiger partial charge in [-0.25, -0.2) is 0 Å². The van der Waals surface area contributed by atoms with Crippen LogP contribution in [-0.4, -0.2) is 38.7 Å². The molecule has 1 amide bonds. The first-order chi connectivity index (χ1) is 13.1. The number of hydrogen-bond donors (Lipinski definition) is 0. The highest BCUT2D eigenvalue weighted by atomic mass is 79.9. The van der Waals surface area contributed by atoms with Crippen molar-refractivity contribution in [2.24, 2.45) is 0 Å². The van der Waals surface area contributed by atoms with Gasteiger partial charge in [0.25, 0.3) is 5.91 Å². The number of carbonyl (C=O) groups excluding carboxylic acids is 1. The average molecular weight is 425 g/mol. The number of carbonyl (C=O) groups is 1. The van der Waals surface area contributed by atoms with E-state index in [4.69, 9.17) is 0 Å². The second-order valence-electron chi connectivity index (χ2n) is 6.87. The Balaban J connectivity index is 1.55. The molecule has 3 heterocycles. The molecule has 4 rings (SSSR count). The summed E-state index contributed by atoms with van der Waals surface area (Å²) in [5, 5.41) is 4.34. The third-order valence-electron chi connectivity index (χ3n) is 5.02. The first-order valence-corrected chi connectivity index (χ1v) is 9.93. The molecule has 1 fully saturated rings. The predicted molar refractivity (Wildman–Crippen MR) is 109 cm³/mol. The maximum Gasteiger partial charge on any atom is 0.255 e. The molecular weight excluding hydrogens is 404 g/mol. The zero-order chi connectivity index (χ0) is 18.8. The molecule has 1 aliphatic rings. The number of halogens is 1. The van der Waals surface area contributed by atoms with Crippen molar-refractivity contribution in [1.29, 1.82) is 0 Å². The van der Waals surface area contributed by atoms with Crippen molar-refractivity contribution in [2.45, 2.75) is 25.8 Å². The third kappa shape index (κ3) is 3.81. The molecule has 0 aliphatic carbocycles. The molecule has 0 bridgehead atoms. The van der Waals surface area contributed by atoms with E-state index in [1.165, 1.54) is 0 Å². The van der Waals surface area contributed by atoms with Crippen molar-refractivity contribution >= 4 is 21.8 Å². The molecule has 6 heteroatoms. The topological polar surface area (TPSA) is 51.0 Å². The number of aryl methyl sites for hydroxylation is 1. The molecule has 0 spiro atoms. The lowest BCUT2D eigenvalue weighted by atomic mass is 10.0. The van der Waals surface area contributed by atoms with Crippen LogP contribution < -0.4 is 0 Å². The normalized spacial score (nSPS) is 17.1. The van der Waals surface area contributed by atoms with Crippen LogP contribution in [0.2, 0.25) is 0 Å². The number of pyridine rings is 1. The van der Waals surface area contributed by atoms with E-state index in [-0.39, 0.29) is 11.9 Å². The summed E-state index contributed by atoms with van der Waals surface area (Å²) in [6, 6.07) is 14.0. The van der Waals surface area contributed by atoms with Gasteiger partial charge < -0.3 is 4.90 Å². The Morgan fingerprint density at radius 3 is 2.85 bits per heavy atom. The van der Waals surface area contributed by atoms with Crippen molar-refractivity contribution < 1.29 is 4.79 Å². The molecule has 1 aromatic carbocycles. The van der Waals surface area contributed by atoms with Crippen LogP contribution >= 0.6 is 15.9 Å². The highest BCUT2D eigenvalue weighted by Gasteiger charge is 2.26. The molecule has 3 aromatic rings. The van der Waals surface area contributed by atoms with Crippen LogP contribution in [0.1, 0.15) is 34.9 Å². The minimum absolute atomic E-state index is 0.0534. The summed E-state index contributed by atoms with van der Waals surface area (Å²) in [5.41, 5.74) is 3.34. The van der Waals surface area contributed by atoms with E-state index in [0.717, 1.165) is 40.8 Å². The largest absolute Gasteiger partial charge is 0.336 e. The van der Waals surface area contributed by atoms with Gasteiger partial charge in [0, 0.05) is 35.5 Å². The van der Waals surface area contributed by atoms with Crippen LogP contribution in [0.15, 0.2) is 59.3 Å². The van der Waals surface area contributed by atoms with Crippen molar-refractivity contribution in [1.82, 2.24) is 19.7 Å².